The molecule has 0 aliphatic heterocycles. The first kappa shape index (κ1) is 19.0. The van der Waals surface area contributed by atoms with Gasteiger partial charge in [0.15, 0.2) is 0 Å². The van der Waals surface area contributed by atoms with Gasteiger partial charge in [0, 0.05) is 5.52 Å². The number of aryl methyl sites for hydroxylation is 2. The summed E-state index contributed by atoms with van der Waals surface area (Å²) in [7, 11) is 0.708. The van der Waals surface area contributed by atoms with Gasteiger partial charge in [-0.3, -0.25) is 0 Å². The van der Waals surface area contributed by atoms with E-state index in [9.17, 15) is 4.79 Å². The van der Waals surface area contributed by atoms with Crippen molar-refractivity contribution in [3.05, 3.63) is 59.2 Å². The average molecular weight is 306 g/mol. The molecule has 22 heavy (non-hydrogen) atoms. The molecule has 0 bridgehead atoms. The molecular weight excluding hydrogens is 286 g/mol. The van der Waals surface area contributed by atoms with Crippen molar-refractivity contribution in [3.8, 4) is 5.75 Å². The number of carbonyl (C=O) groups excluding carboxylic acids is 1. The standard InChI is InChI=1S/C18H20O2P.Li/c1-4-12-20-15-8-10-16(11-9-15)21-18(19)17-13(2)6-5-7-14(17)3;/h5-11H,4,12H2,1-3H3;/q-1;+1. The number of benzene rings is 2. The Bertz CT molecular complexity index is 603. The summed E-state index contributed by atoms with van der Waals surface area (Å²) in [6.07, 6.45) is 0.991. The van der Waals surface area contributed by atoms with Gasteiger partial charge in [0.2, 0.25) is 0 Å². The maximum Gasteiger partial charge on any atom is 1.00 e. The van der Waals surface area contributed by atoms with Crippen molar-refractivity contribution in [2.75, 3.05) is 6.61 Å². The van der Waals surface area contributed by atoms with Crippen LogP contribution in [-0.2, 0) is 0 Å². The predicted molar refractivity (Wildman–Crippen MR) is 89.0 cm³/mol. The SMILES string of the molecule is CCCOc1ccc([P-]C(=O)c2c(C)cccc2C)cc1.[Li+]. The van der Waals surface area contributed by atoms with Crippen molar-refractivity contribution in [2.45, 2.75) is 27.2 Å². The van der Waals surface area contributed by atoms with Gasteiger partial charge in [-0.05, 0) is 49.1 Å². The maximum atomic E-state index is 12.5. The molecule has 0 aromatic heterocycles. The molecule has 0 spiro atoms. The fourth-order valence-corrected chi connectivity index (χ4v) is 3.16. The van der Waals surface area contributed by atoms with E-state index in [4.69, 9.17) is 4.74 Å². The molecule has 0 atom stereocenters. The fraction of sp³-hybridized carbons (Fsp3) is 0.278. The fourth-order valence-electron chi connectivity index (χ4n) is 2.16. The molecule has 0 amide bonds. The summed E-state index contributed by atoms with van der Waals surface area (Å²) in [6, 6.07) is 13.7. The number of hydrogen-bond acceptors (Lipinski definition) is 2. The van der Waals surface area contributed by atoms with Crippen LogP contribution >= 0.6 is 8.58 Å². The molecule has 2 nitrogen and oxygen atoms in total. The molecule has 2 aromatic carbocycles. The van der Waals surface area contributed by atoms with Crippen LogP contribution in [0.15, 0.2) is 42.5 Å². The summed E-state index contributed by atoms with van der Waals surface area (Å²) in [4.78, 5) is 12.5. The van der Waals surface area contributed by atoms with Crippen LogP contribution in [0.2, 0.25) is 0 Å². The zero-order chi connectivity index (χ0) is 15.2. The summed E-state index contributed by atoms with van der Waals surface area (Å²) < 4.78 is 5.55. The number of hydrogen-bond donors (Lipinski definition) is 0. The number of ether oxygens (including phenoxy) is 1. The Morgan fingerprint density at radius 3 is 2.18 bits per heavy atom. The molecule has 4 heteroatoms. The minimum Gasteiger partial charge on any atom is -0.494 e. The minimum absolute atomic E-state index is 0. The topological polar surface area (TPSA) is 26.3 Å². The van der Waals surface area contributed by atoms with Crippen LogP contribution in [-0.4, -0.2) is 12.1 Å². The van der Waals surface area contributed by atoms with E-state index >= 15 is 0 Å². The smallest absolute Gasteiger partial charge is 0.494 e. The van der Waals surface area contributed by atoms with Crippen LogP contribution in [0.3, 0.4) is 0 Å². The summed E-state index contributed by atoms with van der Waals surface area (Å²) in [6.45, 7) is 6.77. The molecule has 0 aliphatic rings. The van der Waals surface area contributed by atoms with E-state index < -0.39 is 0 Å². The van der Waals surface area contributed by atoms with E-state index in [-0.39, 0.29) is 24.4 Å². The minimum atomic E-state index is 0. The summed E-state index contributed by atoms with van der Waals surface area (Å²) >= 11 is 0. The van der Waals surface area contributed by atoms with Crippen LogP contribution in [0.1, 0.15) is 34.8 Å². The van der Waals surface area contributed by atoms with Crippen LogP contribution in [0.5, 0.6) is 5.75 Å². The molecule has 0 saturated carbocycles. The second-order valence-electron chi connectivity index (χ2n) is 5.03. The summed E-state index contributed by atoms with van der Waals surface area (Å²) in [5.74, 6) is 0.857. The Labute approximate surface area is 146 Å². The number of rotatable bonds is 6. The van der Waals surface area contributed by atoms with Crippen molar-refractivity contribution in [1.82, 2.24) is 0 Å². The first-order valence-electron chi connectivity index (χ1n) is 7.17. The zero-order valence-electron chi connectivity index (χ0n) is 13.7. The number of carbonyl (C=O) groups is 1. The first-order valence-corrected chi connectivity index (χ1v) is 8.06. The van der Waals surface area contributed by atoms with E-state index in [0.29, 0.717) is 8.58 Å². The van der Waals surface area contributed by atoms with Crippen LogP contribution < -0.4 is 28.9 Å². The van der Waals surface area contributed by atoms with Crippen molar-refractivity contribution in [3.63, 3.8) is 0 Å². The van der Waals surface area contributed by atoms with Gasteiger partial charge in [-0.15, -0.1) is 0 Å². The molecule has 0 saturated heterocycles. The predicted octanol–water partition coefficient (Wildman–Crippen LogP) is 1.51. The molecule has 0 heterocycles. The summed E-state index contributed by atoms with van der Waals surface area (Å²) in [5, 5.41) is 0.992. The molecule has 110 valence electrons. The molecule has 2 aromatic rings. The third-order valence-electron chi connectivity index (χ3n) is 3.24. The van der Waals surface area contributed by atoms with Crippen molar-refractivity contribution < 1.29 is 28.4 Å². The van der Waals surface area contributed by atoms with Gasteiger partial charge in [-0.2, -0.15) is 5.30 Å². The van der Waals surface area contributed by atoms with E-state index in [2.05, 4.69) is 6.92 Å². The quantitative estimate of drug-likeness (QED) is 0.597. The van der Waals surface area contributed by atoms with Gasteiger partial charge in [-0.1, -0.05) is 37.3 Å². The molecule has 0 fully saturated rings. The van der Waals surface area contributed by atoms with Crippen LogP contribution in [0, 0.1) is 13.8 Å². The average Bonchev–Trinajstić information content (AvgIpc) is 2.46. The normalized spacial score (nSPS) is 10.5. The van der Waals surface area contributed by atoms with E-state index in [1.807, 2.05) is 56.3 Å². The Morgan fingerprint density at radius 2 is 1.64 bits per heavy atom. The Balaban J connectivity index is 0.00000242. The first-order chi connectivity index (χ1) is 10.1. The van der Waals surface area contributed by atoms with Crippen LogP contribution in [0.4, 0.5) is 0 Å². The Kier molecular flexibility index (Phi) is 7.91. The molecule has 0 N–H and O–H groups in total. The third-order valence-corrected chi connectivity index (χ3v) is 4.22. The second kappa shape index (κ2) is 9.16. The van der Waals surface area contributed by atoms with Crippen molar-refractivity contribution in [1.29, 1.82) is 0 Å². The summed E-state index contributed by atoms with van der Waals surface area (Å²) in [5.41, 5.74) is 3.06. The second-order valence-corrected chi connectivity index (χ2v) is 6.17. The molecule has 0 aliphatic carbocycles. The van der Waals surface area contributed by atoms with E-state index in [0.717, 1.165) is 40.8 Å². The largest absolute Gasteiger partial charge is 1.00 e. The van der Waals surface area contributed by atoms with Gasteiger partial charge in [0.1, 0.15) is 5.75 Å². The van der Waals surface area contributed by atoms with E-state index in [1.165, 1.54) is 0 Å². The Hall–Kier alpha value is -1.06. The van der Waals surface area contributed by atoms with E-state index in [1.54, 1.807) is 0 Å². The molecular formula is C18H20LiO2P. The van der Waals surface area contributed by atoms with Crippen LogP contribution in [0.25, 0.3) is 0 Å². The Morgan fingerprint density at radius 1 is 1.05 bits per heavy atom. The van der Waals surface area contributed by atoms with Gasteiger partial charge in [0.05, 0.1) is 6.61 Å². The third kappa shape index (κ3) is 4.99. The molecule has 0 radical (unpaired) electrons. The zero-order valence-corrected chi connectivity index (χ0v) is 14.6. The van der Waals surface area contributed by atoms with Gasteiger partial charge >= 0.3 is 18.9 Å². The van der Waals surface area contributed by atoms with Crippen molar-refractivity contribution in [2.24, 2.45) is 0 Å². The van der Waals surface area contributed by atoms with Gasteiger partial charge in [-0.25, -0.2) is 0 Å². The van der Waals surface area contributed by atoms with Gasteiger partial charge < -0.3 is 18.1 Å². The molecule has 2 rings (SSSR count). The monoisotopic (exact) mass is 306 g/mol. The van der Waals surface area contributed by atoms with Gasteiger partial charge in [0.25, 0.3) is 0 Å². The maximum absolute atomic E-state index is 12.5. The molecule has 0 unspecified atom stereocenters. The van der Waals surface area contributed by atoms with Crippen molar-refractivity contribution >= 4 is 19.4 Å².